The summed E-state index contributed by atoms with van der Waals surface area (Å²) < 4.78 is 7.07. The van der Waals surface area contributed by atoms with Crippen molar-refractivity contribution in [3.8, 4) is 5.75 Å². The SMILES string of the molecule is COc1ccc(C(NC(=O)c2cnc(C)cn2)c2nccn2C)cc1. The molecule has 0 bridgehead atoms. The number of nitrogens with one attached hydrogen (secondary N) is 1. The Balaban J connectivity index is 1.92. The van der Waals surface area contributed by atoms with Crippen LogP contribution >= 0.6 is 0 Å². The Bertz CT molecular complexity index is 856. The van der Waals surface area contributed by atoms with Gasteiger partial charge in [0.05, 0.1) is 19.0 Å². The molecule has 0 saturated heterocycles. The lowest BCUT2D eigenvalue weighted by atomic mass is 10.1. The third kappa shape index (κ3) is 3.65. The zero-order valence-corrected chi connectivity index (χ0v) is 14.3. The fourth-order valence-corrected chi connectivity index (χ4v) is 2.46. The predicted molar refractivity (Wildman–Crippen MR) is 92.3 cm³/mol. The van der Waals surface area contributed by atoms with E-state index in [4.69, 9.17) is 4.74 Å². The molecule has 0 fully saturated rings. The van der Waals surface area contributed by atoms with Crippen LogP contribution in [0.3, 0.4) is 0 Å². The van der Waals surface area contributed by atoms with Crippen molar-refractivity contribution in [3.63, 3.8) is 0 Å². The van der Waals surface area contributed by atoms with Gasteiger partial charge in [0.15, 0.2) is 0 Å². The summed E-state index contributed by atoms with van der Waals surface area (Å²) in [5.41, 5.74) is 1.91. The smallest absolute Gasteiger partial charge is 0.272 e. The highest BCUT2D eigenvalue weighted by molar-refractivity contribution is 5.92. The van der Waals surface area contributed by atoms with E-state index in [0.717, 1.165) is 22.8 Å². The number of carbonyl (C=O) groups is 1. The minimum absolute atomic E-state index is 0.262. The molecule has 3 rings (SSSR count). The molecule has 0 aliphatic rings. The van der Waals surface area contributed by atoms with Gasteiger partial charge in [-0.25, -0.2) is 9.97 Å². The number of aromatic nitrogens is 4. The number of carbonyl (C=O) groups excluding carboxylic acids is 1. The van der Waals surface area contributed by atoms with E-state index < -0.39 is 6.04 Å². The van der Waals surface area contributed by atoms with Crippen LogP contribution in [0.15, 0.2) is 49.1 Å². The van der Waals surface area contributed by atoms with Crippen molar-refractivity contribution in [1.29, 1.82) is 0 Å². The highest BCUT2D eigenvalue weighted by Gasteiger charge is 2.22. The van der Waals surface area contributed by atoms with Crippen molar-refractivity contribution in [2.75, 3.05) is 7.11 Å². The van der Waals surface area contributed by atoms with Gasteiger partial charge < -0.3 is 14.6 Å². The van der Waals surface area contributed by atoms with E-state index in [1.807, 2.05) is 49.0 Å². The minimum Gasteiger partial charge on any atom is -0.497 e. The van der Waals surface area contributed by atoms with Crippen LogP contribution in [0.1, 0.15) is 33.6 Å². The minimum atomic E-state index is -0.415. The summed E-state index contributed by atoms with van der Waals surface area (Å²) in [6.45, 7) is 1.82. The second-order valence-corrected chi connectivity index (χ2v) is 5.62. The molecule has 128 valence electrons. The topological polar surface area (TPSA) is 81.9 Å². The number of benzene rings is 1. The number of hydrogen-bond acceptors (Lipinski definition) is 5. The average molecular weight is 337 g/mol. The van der Waals surface area contributed by atoms with Gasteiger partial charge in [-0.3, -0.25) is 9.78 Å². The molecule has 1 N–H and O–H groups in total. The number of hydrogen-bond donors (Lipinski definition) is 1. The molecule has 2 aromatic heterocycles. The van der Waals surface area contributed by atoms with Crippen molar-refractivity contribution in [3.05, 3.63) is 71.8 Å². The van der Waals surface area contributed by atoms with E-state index in [1.54, 1.807) is 19.5 Å². The fraction of sp³-hybridized carbons (Fsp3) is 0.222. The first-order valence-electron chi connectivity index (χ1n) is 7.79. The quantitative estimate of drug-likeness (QED) is 0.770. The van der Waals surface area contributed by atoms with Crippen molar-refractivity contribution in [1.82, 2.24) is 24.8 Å². The van der Waals surface area contributed by atoms with E-state index >= 15 is 0 Å². The average Bonchev–Trinajstić information content (AvgIpc) is 3.06. The predicted octanol–water partition coefficient (Wildman–Crippen LogP) is 2.05. The number of rotatable bonds is 5. The Kier molecular flexibility index (Phi) is 4.74. The number of nitrogens with zero attached hydrogens (tertiary/aromatic N) is 4. The lowest BCUT2D eigenvalue weighted by Crippen LogP contribution is -2.31. The summed E-state index contributed by atoms with van der Waals surface area (Å²) in [4.78, 5) is 25.2. The maximum Gasteiger partial charge on any atom is 0.272 e. The highest BCUT2D eigenvalue weighted by atomic mass is 16.5. The molecule has 7 heteroatoms. The van der Waals surface area contributed by atoms with Crippen molar-refractivity contribution in [2.45, 2.75) is 13.0 Å². The molecule has 1 amide bonds. The van der Waals surface area contributed by atoms with Crippen LogP contribution in [-0.4, -0.2) is 32.5 Å². The lowest BCUT2D eigenvalue weighted by molar-refractivity contribution is 0.0935. The maximum atomic E-state index is 12.6. The standard InChI is InChI=1S/C18H19N5O2/c1-12-10-21-15(11-20-12)18(24)22-16(17-19-8-9-23(17)2)13-4-6-14(25-3)7-5-13/h4-11,16H,1-3H3,(H,22,24). The molecular weight excluding hydrogens is 318 g/mol. The van der Waals surface area contributed by atoms with Gasteiger partial charge in [0.25, 0.3) is 5.91 Å². The fourth-order valence-electron chi connectivity index (χ4n) is 2.46. The number of methoxy groups -OCH3 is 1. The zero-order valence-electron chi connectivity index (χ0n) is 14.3. The van der Waals surface area contributed by atoms with Gasteiger partial charge in [0.1, 0.15) is 23.3 Å². The van der Waals surface area contributed by atoms with Gasteiger partial charge >= 0.3 is 0 Å². The van der Waals surface area contributed by atoms with Gasteiger partial charge in [-0.15, -0.1) is 0 Å². The second kappa shape index (κ2) is 7.12. The van der Waals surface area contributed by atoms with Crippen LogP contribution in [-0.2, 0) is 7.05 Å². The Morgan fingerprint density at radius 2 is 1.92 bits per heavy atom. The van der Waals surface area contributed by atoms with Crippen molar-refractivity contribution < 1.29 is 9.53 Å². The van der Waals surface area contributed by atoms with E-state index in [0.29, 0.717) is 0 Å². The van der Waals surface area contributed by atoms with E-state index in [-0.39, 0.29) is 11.6 Å². The van der Waals surface area contributed by atoms with Crippen LogP contribution < -0.4 is 10.1 Å². The Morgan fingerprint density at radius 3 is 2.48 bits per heavy atom. The van der Waals surface area contributed by atoms with Gasteiger partial charge in [0, 0.05) is 25.6 Å². The summed E-state index contributed by atoms with van der Waals surface area (Å²) in [5.74, 6) is 1.16. The summed E-state index contributed by atoms with van der Waals surface area (Å²) in [7, 11) is 3.50. The molecule has 0 aliphatic heterocycles. The molecular formula is C18H19N5O2. The van der Waals surface area contributed by atoms with Crippen molar-refractivity contribution >= 4 is 5.91 Å². The highest BCUT2D eigenvalue weighted by Crippen LogP contribution is 2.23. The molecule has 1 aromatic carbocycles. The Labute approximate surface area is 145 Å². The normalized spacial score (nSPS) is 11.8. The third-order valence-corrected chi connectivity index (χ3v) is 3.85. The van der Waals surface area contributed by atoms with E-state index in [9.17, 15) is 4.79 Å². The van der Waals surface area contributed by atoms with Gasteiger partial charge in [-0.1, -0.05) is 12.1 Å². The van der Waals surface area contributed by atoms with Crippen LogP contribution in [0, 0.1) is 6.92 Å². The van der Waals surface area contributed by atoms with E-state index in [2.05, 4.69) is 20.3 Å². The largest absolute Gasteiger partial charge is 0.497 e. The van der Waals surface area contributed by atoms with Gasteiger partial charge in [-0.2, -0.15) is 0 Å². The number of imidazole rings is 1. The molecule has 0 radical (unpaired) electrons. The molecule has 7 nitrogen and oxygen atoms in total. The Hall–Kier alpha value is -3.22. The molecule has 25 heavy (non-hydrogen) atoms. The maximum absolute atomic E-state index is 12.6. The first kappa shape index (κ1) is 16.6. The van der Waals surface area contributed by atoms with Gasteiger partial charge in [0.2, 0.25) is 0 Å². The van der Waals surface area contributed by atoms with Crippen LogP contribution in [0.25, 0.3) is 0 Å². The first-order valence-corrected chi connectivity index (χ1v) is 7.79. The van der Waals surface area contributed by atoms with E-state index in [1.165, 1.54) is 6.20 Å². The molecule has 0 aliphatic carbocycles. The first-order chi connectivity index (χ1) is 12.1. The summed E-state index contributed by atoms with van der Waals surface area (Å²) in [6.07, 6.45) is 6.57. The number of aryl methyl sites for hydroxylation is 2. The molecule has 1 unspecified atom stereocenters. The molecule has 3 aromatic rings. The molecule has 0 spiro atoms. The molecule has 0 saturated carbocycles. The second-order valence-electron chi connectivity index (χ2n) is 5.62. The van der Waals surface area contributed by atoms with Gasteiger partial charge in [-0.05, 0) is 24.6 Å². The Morgan fingerprint density at radius 1 is 1.16 bits per heavy atom. The zero-order chi connectivity index (χ0) is 17.8. The number of amides is 1. The lowest BCUT2D eigenvalue weighted by Gasteiger charge is -2.19. The molecule has 1 atom stereocenters. The van der Waals surface area contributed by atoms with Crippen LogP contribution in [0.2, 0.25) is 0 Å². The van der Waals surface area contributed by atoms with Crippen LogP contribution in [0.5, 0.6) is 5.75 Å². The summed E-state index contributed by atoms with van der Waals surface area (Å²) >= 11 is 0. The third-order valence-electron chi connectivity index (χ3n) is 3.85. The summed E-state index contributed by atoms with van der Waals surface area (Å²) in [5, 5.41) is 2.98. The number of ether oxygens (including phenoxy) is 1. The molecule has 2 heterocycles. The van der Waals surface area contributed by atoms with Crippen LogP contribution in [0.4, 0.5) is 0 Å². The summed E-state index contributed by atoms with van der Waals surface area (Å²) in [6, 6.07) is 7.09. The van der Waals surface area contributed by atoms with Crippen molar-refractivity contribution in [2.24, 2.45) is 7.05 Å². The monoisotopic (exact) mass is 337 g/mol.